The zero-order valence-electron chi connectivity index (χ0n) is 12.3. The summed E-state index contributed by atoms with van der Waals surface area (Å²) in [6, 6.07) is 12.7. The van der Waals surface area contributed by atoms with Gasteiger partial charge in [-0.1, -0.05) is 25.1 Å². The van der Waals surface area contributed by atoms with Crippen molar-refractivity contribution in [3.8, 4) is 0 Å². The van der Waals surface area contributed by atoms with Crippen molar-refractivity contribution in [3.05, 3.63) is 60.2 Å². The molecule has 0 aliphatic rings. The van der Waals surface area contributed by atoms with E-state index in [0.29, 0.717) is 12.2 Å². The fourth-order valence-electron chi connectivity index (χ4n) is 2.24. The van der Waals surface area contributed by atoms with E-state index in [1.807, 2.05) is 37.3 Å². The van der Waals surface area contributed by atoms with E-state index in [4.69, 9.17) is 0 Å². The Kier molecular flexibility index (Phi) is 5.04. The molecule has 3 nitrogen and oxygen atoms in total. The number of anilines is 1. The smallest absolute Gasteiger partial charge is 0.185 e. The Hall–Kier alpha value is -2.23. The van der Waals surface area contributed by atoms with Gasteiger partial charge in [-0.15, -0.1) is 0 Å². The predicted octanol–water partition coefficient (Wildman–Crippen LogP) is 3.57. The van der Waals surface area contributed by atoms with Gasteiger partial charge in [0.05, 0.1) is 6.20 Å². The molecule has 1 atom stereocenters. The Bertz CT molecular complexity index is 583. The molecule has 0 amide bonds. The highest BCUT2D eigenvalue weighted by atomic mass is 19.1. The number of carbonyl (C=O) groups is 1. The van der Waals surface area contributed by atoms with Crippen LogP contribution in [0.25, 0.3) is 0 Å². The normalized spacial score (nSPS) is 12.0. The van der Waals surface area contributed by atoms with Gasteiger partial charge in [0.1, 0.15) is 11.5 Å². The first-order valence-electron chi connectivity index (χ1n) is 7.07. The molecule has 0 spiro atoms. The standard InChI is InChI=1S/C17H19FN2O/c1-3-20(15-7-5-4-6-8-15)12-13(2)17(21)16-10-9-14(18)11-19-16/h4-11,13H,3,12H2,1-2H3. The maximum atomic E-state index is 12.9. The topological polar surface area (TPSA) is 33.2 Å². The zero-order chi connectivity index (χ0) is 15.2. The van der Waals surface area contributed by atoms with E-state index in [-0.39, 0.29) is 11.7 Å². The third kappa shape index (κ3) is 3.88. The largest absolute Gasteiger partial charge is 0.371 e. The molecule has 4 heteroatoms. The molecule has 21 heavy (non-hydrogen) atoms. The Morgan fingerprint density at radius 1 is 1.24 bits per heavy atom. The lowest BCUT2D eigenvalue weighted by Gasteiger charge is -2.26. The maximum Gasteiger partial charge on any atom is 0.185 e. The summed E-state index contributed by atoms with van der Waals surface area (Å²) >= 11 is 0. The van der Waals surface area contributed by atoms with Crippen molar-refractivity contribution in [2.24, 2.45) is 5.92 Å². The minimum absolute atomic E-state index is 0.0654. The molecule has 1 aromatic heterocycles. The number of hydrogen-bond acceptors (Lipinski definition) is 3. The number of hydrogen-bond donors (Lipinski definition) is 0. The highest BCUT2D eigenvalue weighted by Gasteiger charge is 2.19. The van der Waals surface area contributed by atoms with Gasteiger partial charge in [0.25, 0.3) is 0 Å². The first-order chi connectivity index (χ1) is 10.1. The van der Waals surface area contributed by atoms with E-state index in [1.165, 1.54) is 12.1 Å². The average Bonchev–Trinajstić information content (AvgIpc) is 2.53. The molecule has 0 bridgehead atoms. The van der Waals surface area contributed by atoms with Crippen molar-refractivity contribution in [3.63, 3.8) is 0 Å². The lowest BCUT2D eigenvalue weighted by molar-refractivity contribution is 0.0927. The summed E-state index contributed by atoms with van der Waals surface area (Å²) in [7, 11) is 0. The lowest BCUT2D eigenvalue weighted by atomic mass is 10.0. The number of nitrogens with zero attached hydrogens (tertiary/aromatic N) is 2. The summed E-state index contributed by atoms with van der Waals surface area (Å²) < 4.78 is 12.9. The van der Waals surface area contributed by atoms with Crippen LogP contribution < -0.4 is 4.90 Å². The SMILES string of the molecule is CCN(CC(C)C(=O)c1ccc(F)cn1)c1ccccc1. The second kappa shape index (κ2) is 6.97. The van der Waals surface area contributed by atoms with Gasteiger partial charge >= 0.3 is 0 Å². The Morgan fingerprint density at radius 3 is 2.52 bits per heavy atom. The van der Waals surface area contributed by atoms with Crippen LogP contribution in [0.5, 0.6) is 0 Å². The van der Waals surface area contributed by atoms with E-state index in [9.17, 15) is 9.18 Å². The molecular formula is C17H19FN2O. The molecule has 0 saturated carbocycles. The molecular weight excluding hydrogens is 267 g/mol. The molecule has 2 aromatic rings. The van der Waals surface area contributed by atoms with E-state index < -0.39 is 5.82 Å². The predicted molar refractivity (Wildman–Crippen MR) is 82.0 cm³/mol. The van der Waals surface area contributed by atoms with E-state index >= 15 is 0 Å². The number of aromatic nitrogens is 1. The minimum Gasteiger partial charge on any atom is -0.371 e. The third-order valence-corrected chi connectivity index (χ3v) is 3.42. The number of halogens is 1. The molecule has 0 aliphatic carbocycles. The molecule has 0 radical (unpaired) electrons. The number of pyridine rings is 1. The number of rotatable bonds is 6. The number of Topliss-reactive ketones (excluding diaryl/α,β-unsaturated/α-hetero) is 1. The number of carbonyl (C=O) groups excluding carboxylic acids is 1. The molecule has 1 aromatic carbocycles. The first kappa shape index (κ1) is 15.2. The zero-order valence-corrected chi connectivity index (χ0v) is 12.3. The number of benzene rings is 1. The summed E-state index contributed by atoms with van der Waals surface area (Å²) in [6.07, 6.45) is 1.08. The molecule has 0 aliphatic heterocycles. The van der Waals surface area contributed by atoms with Gasteiger partial charge in [0.15, 0.2) is 5.78 Å². The highest BCUT2D eigenvalue weighted by Crippen LogP contribution is 2.16. The quantitative estimate of drug-likeness (QED) is 0.761. The van der Waals surface area contributed by atoms with Crippen LogP contribution in [0.4, 0.5) is 10.1 Å². The summed E-state index contributed by atoms with van der Waals surface area (Å²) in [6.45, 7) is 5.36. The van der Waals surface area contributed by atoms with Crippen LogP contribution in [0.1, 0.15) is 24.3 Å². The van der Waals surface area contributed by atoms with Crippen LogP contribution in [-0.2, 0) is 0 Å². The first-order valence-corrected chi connectivity index (χ1v) is 7.07. The van der Waals surface area contributed by atoms with Crippen molar-refractivity contribution in [2.75, 3.05) is 18.0 Å². The van der Waals surface area contributed by atoms with E-state index in [1.54, 1.807) is 0 Å². The number of ketones is 1. The summed E-state index contributed by atoms with van der Waals surface area (Å²) in [5, 5.41) is 0. The van der Waals surface area contributed by atoms with Crippen LogP contribution >= 0.6 is 0 Å². The Labute approximate surface area is 124 Å². The summed E-state index contributed by atoms with van der Waals surface area (Å²) in [5.74, 6) is -0.703. The fraction of sp³-hybridized carbons (Fsp3) is 0.294. The highest BCUT2D eigenvalue weighted by molar-refractivity contribution is 5.96. The molecule has 110 valence electrons. The molecule has 2 rings (SSSR count). The number of para-hydroxylation sites is 1. The Morgan fingerprint density at radius 2 is 1.95 bits per heavy atom. The summed E-state index contributed by atoms with van der Waals surface area (Å²) in [4.78, 5) is 18.3. The maximum absolute atomic E-state index is 12.9. The van der Waals surface area contributed by atoms with Gasteiger partial charge in [-0.05, 0) is 31.2 Å². The summed E-state index contributed by atoms with van der Waals surface area (Å²) in [5.41, 5.74) is 1.40. The van der Waals surface area contributed by atoms with Crippen molar-refractivity contribution in [1.29, 1.82) is 0 Å². The van der Waals surface area contributed by atoms with Gasteiger partial charge in [0.2, 0.25) is 0 Å². The second-order valence-corrected chi connectivity index (χ2v) is 5.00. The van der Waals surface area contributed by atoms with Gasteiger partial charge in [0, 0.05) is 24.7 Å². The van der Waals surface area contributed by atoms with Gasteiger partial charge in [-0.3, -0.25) is 9.78 Å². The monoisotopic (exact) mass is 286 g/mol. The molecule has 1 heterocycles. The van der Waals surface area contributed by atoms with E-state index in [0.717, 1.165) is 18.4 Å². The average molecular weight is 286 g/mol. The van der Waals surface area contributed by atoms with Crippen LogP contribution in [0, 0.1) is 11.7 Å². The van der Waals surface area contributed by atoms with Crippen LogP contribution in [0.2, 0.25) is 0 Å². The van der Waals surface area contributed by atoms with Crippen molar-refractivity contribution in [1.82, 2.24) is 4.98 Å². The van der Waals surface area contributed by atoms with Crippen LogP contribution in [0.3, 0.4) is 0 Å². The van der Waals surface area contributed by atoms with E-state index in [2.05, 4.69) is 16.8 Å². The minimum atomic E-state index is -0.432. The molecule has 0 N–H and O–H groups in total. The Balaban J connectivity index is 2.07. The van der Waals surface area contributed by atoms with Crippen molar-refractivity contribution in [2.45, 2.75) is 13.8 Å². The second-order valence-electron chi connectivity index (χ2n) is 5.00. The molecule has 0 fully saturated rings. The van der Waals surface area contributed by atoms with Crippen LogP contribution in [0.15, 0.2) is 48.7 Å². The van der Waals surface area contributed by atoms with Gasteiger partial charge in [-0.25, -0.2) is 4.39 Å². The van der Waals surface area contributed by atoms with Crippen molar-refractivity contribution < 1.29 is 9.18 Å². The third-order valence-electron chi connectivity index (χ3n) is 3.42. The molecule has 0 saturated heterocycles. The van der Waals surface area contributed by atoms with Crippen LogP contribution in [-0.4, -0.2) is 23.9 Å². The molecule has 1 unspecified atom stereocenters. The lowest BCUT2D eigenvalue weighted by Crippen LogP contribution is -2.32. The van der Waals surface area contributed by atoms with Gasteiger partial charge in [-0.2, -0.15) is 0 Å². The van der Waals surface area contributed by atoms with Crippen molar-refractivity contribution >= 4 is 11.5 Å². The van der Waals surface area contributed by atoms with Gasteiger partial charge < -0.3 is 4.90 Å². The fourth-order valence-corrected chi connectivity index (χ4v) is 2.24.